The number of rotatable bonds is 5. The van der Waals surface area contributed by atoms with E-state index in [0.717, 1.165) is 5.70 Å². The summed E-state index contributed by atoms with van der Waals surface area (Å²) >= 11 is 0. The van der Waals surface area contributed by atoms with E-state index in [1.54, 1.807) is 6.20 Å². The lowest BCUT2D eigenvalue weighted by molar-refractivity contribution is 0.0733. The van der Waals surface area contributed by atoms with E-state index in [1.807, 2.05) is 13.8 Å². The summed E-state index contributed by atoms with van der Waals surface area (Å²) in [4.78, 5) is 4.87. The topological polar surface area (TPSA) is 45.7 Å². The van der Waals surface area contributed by atoms with Crippen LogP contribution in [0.25, 0.3) is 0 Å². The Morgan fingerprint density at radius 2 is 2.50 bits per heavy atom. The van der Waals surface area contributed by atoms with Gasteiger partial charge in [0, 0.05) is 12.9 Å². The van der Waals surface area contributed by atoms with E-state index in [0.29, 0.717) is 6.61 Å². The molecule has 0 aromatic rings. The minimum atomic E-state index is 0.632. The maximum atomic E-state index is 4.87. The monoisotopic (exact) mass is 143 g/mol. The van der Waals surface area contributed by atoms with E-state index in [9.17, 15) is 0 Å². The number of allylic oxidation sites excluding steroid dienone is 1. The molecule has 0 bridgehead atoms. The predicted molar refractivity (Wildman–Crippen MR) is 41.2 cm³/mol. The normalized spacial score (nSPS) is 10.8. The molecule has 0 aliphatic heterocycles. The van der Waals surface area contributed by atoms with Crippen molar-refractivity contribution in [2.24, 2.45) is 5.10 Å². The Hall–Kier alpha value is -1.03. The van der Waals surface area contributed by atoms with Crippen LogP contribution >= 0.6 is 0 Å². The van der Waals surface area contributed by atoms with Crippen LogP contribution in [0.3, 0.4) is 0 Å². The van der Waals surface area contributed by atoms with E-state index in [4.69, 9.17) is 4.84 Å². The Bertz CT molecular complexity index is 122. The Kier molecular flexibility index (Phi) is 5.47. The molecule has 0 spiro atoms. The summed E-state index contributed by atoms with van der Waals surface area (Å²) in [5.41, 5.74) is 6.10. The molecule has 58 valence electrons. The fourth-order valence-electron chi connectivity index (χ4n) is 0.358. The molecule has 0 radical (unpaired) electrons. The van der Waals surface area contributed by atoms with E-state index >= 15 is 0 Å². The van der Waals surface area contributed by atoms with E-state index in [-0.39, 0.29) is 0 Å². The lowest BCUT2D eigenvalue weighted by Crippen LogP contribution is -2.13. The first-order chi connectivity index (χ1) is 4.81. The molecule has 2 N–H and O–H groups in total. The third kappa shape index (κ3) is 5.11. The molecule has 0 fully saturated rings. The van der Waals surface area contributed by atoms with Crippen molar-refractivity contribution in [1.82, 2.24) is 10.9 Å². The van der Waals surface area contributed by atoms with Crippen LogP contribution < -0.4 is 10.9 Å². The van der Waals surface area contributed by atoms with E-state index < -0.39 is 0 Å². The van der Waals surface area contributed by atoms with Crippen molar-refractivity contribution in [3.05, 3.63) is 11.9 Å². The lowest BCUT2D eigenvalue weighted by atomic mass is 10.6. The third-order valence-electron chi connectivity index (χ3n) is 0.750. The number of hydrogen-bond acceptors (Lipinski definition) is 4. The Labute approximate surface area is 60.9 Å². The minimum Gasteiger partial charge on any atom is -0.285 e. The predicted octanol–water partition coefficient (Wildman–Crippen LogP) is 0.594. The van der Waals surface area contributed by atoms with Crippen LogP contribution in [-0.2, 0) is 4.84 Å². The highest BCUT2D eigenvalue weighted by atomic mass is 16.6. The van der Waals surface area contributed by atoms with Crippen LogP contribution in [0, 0.1) is 0 Å². The van der Waals surface area contributed by atoms with Crippen LogP contribution in [0.4, 0.5) is 0 Å². The van der Waals surface area contributed by atoms with Gasteiger partial charge in [-0.15, -0.1) is 0 Å². The number of hydrazone groups is 1. The van der Waals surface area contributed by atoms with Crippen molar-refractivity contribution in [3.8, 4) is 0 Å². The van der Waals surface area contributed by atoms with Crippen molar-refractivity contribution in [3.63, 3.8) is 0 Å². The highest BCUT2D eigenvalue weighted by Crippen LogP contribution is 1.82. The molecule has 10 heavy (non-hydrogen) atoms. The van der Waals surface area contributed by atoms with Gasteiger partial charge in [-0.3, -0.25) is 15.7 Å². The summed E-state index contributed by atoms with van der Waals surface area (Å²) in [6.07, 6.45) is 1.66. The van der Waals surface area contributed by atoms with Gasteiger partial charge in [0.2, 0.25) is 0 Å². The summed E-state index contributed by atoms with van der Waals surface area (Å²) in [5, 5.41) is 3.41. The van der Waals surface area contributed by atoms with Crippen LogP contribution in [0.2, 0.25) is 0 Å². The first-order valence-electron chi connectivity index (χ1n) is 3.07. The molecule has 0 saturated carbocycles. The van der Waals surface area contributed by atoms with Gasteiger partial charge in [0.1, 0.15) is 0 Å². The molecule has 0 aromatic heterocycles. The van der Waals surface area contributed by atoms with Crippen LogP contribution in [0.5, 0.6) is 0 Å². The summed E-state index contributed by atoms with van der Waals surface area (Å²) in [5.74, 6) is 0. The zero-order chi connectivity index (χ0) is 7.82. The molecule has 0 aromatic carbocycles. The van der Waals surface area contributed by atoms with Crippen molar-refractivity contribution in [2.75, 3.05) is 6.61 Å². The third-order valence-corrected chi connectivity index (χ3v) is 0.750. The second kappa shape index (κ2) is 6.10. The van der Waals surface area contributed by atoms with Crippen molar-refractivity contribution in [1.29, 1.82) is 0 Å². The Morgan fingerprint density at radius 3 is 3.00 bits per heavy atom. The molecule has 0 heterocycles. The second-order valence-electron chi connectivity index (χ2n) is 1.65. The van der Waals surface area contributed by atoms with Gasteiger partial charge in [-0.25, -0.2) is 0 Å². The van der Waals surface area contributed by atoms with Crippen molar-refractivity contribution < 1.29 is 4.84 Å². The Morgan fingerprint density at radius 1 is 1.80 bits per heavy atom. The molecular weight excluding hydrogens is 130 g/mol. The average molecular weight is 143 g/mol. The molecule has 0 unspecified atom stereocenters. The van der Waals surface area contributed by atoms with Gasteiger partial charge in [0.25, 0.3) is 0 Å². The number of hydroxylamine groups is 1. The van der Waals surface area contributed by atoms with Crippen molar-refractivity contribution in [2.45, 2.75) is 13.8 Å². The molecule has 0 atom stereocenters. The summed E-state index contributed by atoms with van der Waals surface area (Å²) < 4.78 is 0. The van der Waals surface area contributed by atoms with Gasteiger partial charge in [-0.05, 0) is 13.8 Å². The van der Waals surface area contributed by atoms with Crippen molar-refractivity contribution >= 4 is 6.72 Å². The quantitative estimate of drug-likeness (QED) is 0.437. The number of hydrogen-bond donors (Lipinski definition) is 2. The lowest BCUT2D eigenvalue weighted by Gasteiger charge is -2.03. The van der Waals surface area contributed by atoms with Crippen LogP contribution in [-0.4, -0.2) is 13.3 Å². The second-order valence-corrected chi connectivity index (χ2v) is 1.65. The van der Waals surface area contributed by atoms with Gasteiger partial charge < -0.3 is 0 Å². The average Bonchev–Trinajstić information content (AvgIpc) is 1.97. The first-order valence-corrected chi connectivity index (χ1v) is 3.07. The SMILES string of the molecule is C=NN/C=C(/C)NOCC. The highest BCUT2D eigenvalue weighted by molar-refractivity contribution is 5.22. The zero-order valence-corrected chi connectivity index (χ0v) is 6.35. The van der Waals surface area contributed by atoms with Gasteiger partial charge in [0.15, 0.2) is 0 Å². The zero-order valence-electron chi connectivity index (χ0n) is 6.35. The standard InChI is InChI=1S/C6H13N3O/c1-4-10-9-6(2)5-8-7-3/h5,8-9H,3-4H2,1-2H3/b6-5-. The molecule has 0 rings (SSSR count). The van der Waals surface area contributed by atoms with Gasteiger partial charge in [0.05, 0.1) is 12.3 Å². The maximum absolute atomic E-state index is 4.87. The van der Waals surface area contributed by atoms with Gasteiger partial charge >= 0.3 is 0 Å². The minimum absolute atomic E-state index is 0.632. The highest BCUT2D eigenvalue weighted by Gasteiger charge is 1.82. The molecule has 0 aliphatic rings. The molecular formula is C6H13N3O. The van der Waals surface area contributed by atoms with E-state index in [2.05, 4.69) is 22.7 Å². The summed E-state index contributed by atoms with van der Waals surface area (Å²) in [6, 6.07) is 0. The molecule has 4 nitrogen and oxygen atoms in total. The number of nitrogens with one attached hydrogen (secondary N) is 2. The summed E-state index contributed by atoms with van der Waals surface area (Å²) in [7, 11) is 0. The smallest absolute Gasteiger partial charge is 0.0717 e. The molecule has 0 saturated heterocycles. The molecule has 0 aliphatic carbocycles. The van der Waals surface area contributed by atoms with E-state index in [1.165, 1.54) is 0 Å². The molecule has 4 heteroatoms. The largest absolute Gasteiger partial charge is 0.285 e. The van der Waals surface area contributed by atoms with Crippen LogP contribution in [0.1, 0.15) is 13.8 Å². The first kappa shape index (κ1) is 8.97. The maximum Gasteiger partial charge on any atom is 0.0717 e. The summed E-state index contributed by atoms with van der Waals surface area (Å²) in [6.45, 7) is 7.63. The van der Waals surface area contributed by atoms with Gasteiger partial charge in [-0.1, -0.05) is 0 Å². The fraction of sp³-hybridized carbons (Fsp3) is 0.500. The van der Waals surface area contributed by atoms with Gasteiger partial charge in [-0.2, -0.15) is 5.10 Å². The number of nitrogens with zero attached hydrogens (tertiary/aromatic N) is 1. The fourth-order valence-corrected chi connectivity index (χ4v) is 0.358. The molecule has 0 amide bonds. The van der Waals surface area contributed by atoms with Crippen LogP contribution in [0.15, 0.2) is 17.0 Å². The Balaban J connectivity index is 3.38.